The Kier molecular flexibility index (Phi) is 5.26. The molecule has 0 saturated carbocycles. The maximum Gasteiger partial charge on any atom is 0.423 e. The molecular weight excluding hydrogens is 390 g/mol. The molecule has 0 atom stereocenters. The van der Waals surface area contributed by atoms with Gasteiger partial charge in [-0.25, -0.2) is 0 Å². The highest BCUT2D eigenvalue weighted by molar-refractivity contribution is 5.12. The van der Waals surface area contributed by atoms with E-state index in [1.807, 2.05) is 0 Å². The van der Waals surface area contributed by atoms with Gasteiger partial charge in [-0.1, -0.05) is 6.92 Å². The van der Waals surface area contributed by atoms with E-state index >= 15 is 0 Å². The summed E-state index contributed by atoms with van der Waals surface area (Å²) in [5.74, 6) is -45.2. The van der Waals surface area contributed by atoms with Crippen LogP contribution in [0.3, 0.4) is 0 Å². The highest BCUT2D eigenvalue weighted by Gasteiger charge is 2.92. The van der Waals surface area contributed by atoms with Crippen molar-refractivity contribution in [2.45, 2.75) is 55.0 Å². The molecule has 0 aromatic heterocycles. The molecule has 0 aliphatic rings. The standard InChI is InChI=1S/C9H6F14O/c1-2-3(10,11)4(12,13)5(14,15)6(16,17)7(18,19)8(20,21)9(22,23)24/h24H,2H2,1H3. The Labute approximate surface area is 123 Å². The van der Waals surface area contributed by atoms with Gasteiger partial charge in [0.25, 0.3) is 0 Å². The summed E-state index contributed by atoms with van der Waals surface area (Å²) in [5, 5.41) is 7.44. The van der Waals surface area contributed by atoms with Crippen LogP contribution in [0.15, 0.2) is 0 Å². The van der Waals surface area contributed by atoms with Crippen LogP contribution in [0.5, 0.6) is 0 Å². The third-order valence-electron chi connectivity index (χ3n) is 2.86. The molecule has 0 amide bonds. The second kappa shape index (κ2) is 5.49. The van der Waals surface area contributed by atoms with E-state index in [0.717, 1.165) is 0 Å². The predicted octanol–water partition coefficient (Wildman–Crippen LogP) is 4.79. The molecular formula is C9H6F14O. The smallest absolute Gasteiger partial charge is 0.331 e. The van der Waals surface area contributed by atoms with Gasteiger partial charge in [0, 0.05) is 6.42 Å². The molecule has 0 aromatic rings. The van der Waals surface area contributed by atoms with Crippen molar-refractivity contribution in [1.82, 2.24) is 0 Å². The molecule has 1 nitrogen and oxygen atoms in total. The first-order chi connectivity index (χ1) is 10.1. The molecule has 24 heavy (non-hydrogen) atoms. The van der Waals surface area contributed by atoms with Gasteiger partial charge in [-0.15, -0.1) is 0 Å². The average molecular weight is 396 g/mol. The summed E-state index contributed by atoms with van der Waals surface area (Å²) >= 11 is 0. The highest BCUT2D eigenvalue weighted by Crippen LogP contribution is 2.62. The lowest BCUT2D eigenvalue weighted by molar-refractivity contribution is -0.461. The van der Waals surface area contributed by atoms with Crippen molar-refractivity contribution in [2.75, 3.05) is 0 Å². The molecule has 0 fully saturated rings. The number of alkyl halides is 14. The Morgan fingerprint density at radius 1 is 0.500 bits per heavy atom. The molecule has 0 aliphatic carbocycles. The van der Waals surface area contributed by atoms with Crippen LogP contribution in [-0.4, -0.2) is 46.8 Å². The molecule has 1 N–H and O–H groups in total. The molecule has 0 aliphatic heterocycles. The van der Waals surface area contributed by atoms with E-state index in [0.29, 0.717) is 0 Å². The average Bonchev–Trinajstić information content (AvgIpc) is 2.36. The maximum absolute atomic E-state index is 13.0. The van der Waals surface area contributed by atoms with E-state index in [-0.39, 0.29) is 6.92 Å². The zero-order valence-corrected chi connectivity index (χ0v) is 10.9. The molecule has 0 saturated heterocycles. The second-order valence-corrected chi connectivity index (χ2v) is 4.47. The maximum atomic E-state index is 13.0. The van der Waals surface area contributed by atoms with Crippen molar-refractivity contribution in [3.63, 3.8) is 0 Å². The van der Waals surface area contributed by atoms with Crippen LogP contribution >= 0.6 is 0 Å². The largest absolute Gasteiger partial charge is 0.423 e. The van der Waals surface area contributed by atoms with Gasteiger partial charge in [0.1, 0.15) is 0 Å². The SMILES string of the molecule is CCC(F)(F)C(F)(F)C(F)(F)C(F)(F)C(F)(F)C(F)(F)C(O)(F)F. The second-order valence-electron chi connectivity index (χ2n) is 4.47. The summed E-state index contributed by atoms with van der Waals surface area (Å²) in [6, 6.07) is 0. The monoisotopic (exact) mass is 396 g/mol. The zero-order valence-electron chi connectivity index (χ0n) is 10.9. The first kappa shape index (κ1) is 23.0. The van der Waals surface area contributed by atoms with E-state index < -0.39 is 48.1 Å². The number of rotatable bonds is 7. The molecule has 146 valence electrons. The number of hydrogen-bond donors (Lipinski definition) is 1. The van der Waals surface area contributed by atoms with E-state index in [1.165, 1.54) is 0 Å². The van der Waals surface area contributed by atoms with E-state index in [1.54, 1.807) is 0 Å². The summed E-state index contributed by atoms with van der Waals surface area (Å²) in [6.45, 7) is 0.0384. The van der Waals surface area contributed by atoms with Gasteiger partial charge in [-0.3, -0.25) is 0 Å². The van der Waals surface area contributed by atoms with Crippen LogP contribution in [0.1, 0.15) is 13.3 Å². The first-order valence-corrected chi connectivity index (χ1v) is 5.43. The Morgan fingerprint density at radius 3 is 1.00 bits per heavy atom. The molecule has 0 bridgehead atoms. The fourth-order valence-electron chi connectivity index (χ4n) is 1.23. The third-order valence-corrected chi connectivity index (χ3v) is 2.86. The number of hydrogen-bond acceptors (Lipinski definition) is 1. The summed E-state index contributed by atoms with van der Waals surface area (Å²) in [7, 11) is 0. The van der Waals surface area contributed by atoms with Gasteiger partial charge in [-0.2, -0.15) is 61.5 Å². The summed E-state index contributed by atoms with van der Waals surface area (Å²) in [5.41, 5.74) is 0. The first-order valence-electron chi connectivity index (χ1n) is 5.43. The van der Waals surface area contributed by atoms with Gasteiger partial charge >= 0.3 is 41.6 Å². The summed E-state index contributed by atoms with van der Waals surface area (Å²) in [6.07, 6.45) is -9.39. The number of aliphatic hydroxyl groups is 1. The predicted molar refractivity (Wildman–Crippen MR) is 47.1 cm³/mol. The topological polar surface area (TPSA) is 20.2 Å². The minimum absolute atomic E-state index is 0.0384. The van der Waals surface area contributed by atoms with Crippen molar-refractivity contribution in [1.29, 1.82) is 0 Å². The van der Waals surface area contributed by atoms with E-state index in [9.17, 15) is 61.5 Å². The fraction of sp³-hybridized carbons (Fsp3) is 1.00. The molecule has 15 heteroatoms. The van der Waals surface area contributed by atoms with Crippen LogP contribution in [0.25, 0.3) is 0 Å². The molecule has 0 spiro atoms. The van der Waals surface area contributed by atoms with Crippen LogP contribution < -0.4 is 0 Å². The van der Waals surface area contributed by atoms with Gasteiger partial charge in [-0.05, 0) is 0 Å². The van der Waals surface area contributed by atoms with Crippen molar-refractivity contribution in [2.24, 2.45) is 0 Å². The Morgan fingerprint density at radius 2 is 0.750 bits per heavy atom. The van der Waals surface area contributed by atoms with E-state index in [2.05, 4.69) is 0 Å². The molecule has 0 aromatic carbocycles. The quantitative estimate of drug-likeness (QED) is 0.614. The molecule has 0 rings (SSSR count). The molecule has 0 heterocycles. The lowest BCUT2D eigenvalue weighted by Gasteiger charge is -2.41. The Bertz CT molecular complexity index is 461. The summed E-state index contributed by atoms with van der Waals surface area (Å²) in [4.78, 5) is 0. The molecule has 0 radical (unpaired) electrons. The van der Waals surface area contributed by atoms with Gasteiger partial charge in [0.2, 0.25) is 0 Å². The van der Waals surface area contributed by atoms with Crippen molar-refractivity contribution in [3.05, 3.63) is 0 Å². The van der Waals surface area contributed by atoms with E-state index in [4.69, 9.17) is 5.11 Å². The van der Waals surface area contributed by atoms with Gasteiger partial charge in [0.05, 0.1) is 0 Å². The lowest BCUT2D eigenvalue weighted by atomic mass is 9.90. The van der Waals surface area contributed by atoms with Crippen molar-refractivity contribution >= 4 is 0 Å². The zero-order chi connectivity index (χ0) is 20.2. The third kappa shape index (κ3) is 2.67. The van der Waals surface area contributed by atoms with Crippen LogP contribution in [0.2, 0.25) is 0 Å². The molecule has 0 unspecified atom stereocenters. The highest BCUT2D eigenvalue weighted by atomic mass is 19.4. The van der Waals surface area contributed by atoms with Crippen LogP contribution in [0.4, 0.5) is 61.5 Å². The fourth-order valence-corrected chi connectivity index (χ4v) is 1.23. The minimum Gasteiger partial charge on any atom is -0.331 e. The van der Waals surface area contributed by atoms with Gasteiger partial charge < -0.3 is 5.11 Å². The number of halogens is 14. The van der Waals surface area contributed by atoms with Crippen LogP contribution in [-0.2, 0) is 0 Å². The van der Waals surface area contributed by atoms with Crippen molar-refractivity contribution < 1.29 is 66.6 Å². The summed E-state index contributed by atoms with van der Waals surface area (Å²) < 4.78 is 177. The van der Waals surface area contributed by atoms with Crippen molar-refractivity contribution in [3.8, 4) is 0 Å². The Hall–Kier alpha value is -1.02. The Balaban J connectivity index is 6.42. The minimum atomic E-state index is -8.11. The lowest BCUT2D eigenvalue weighted by Crippen LogP contribution is -2.72. The normalized spacial score (nSPS) is 16.5. The van der Waals surface area contributed by atoms with Crippen LogP contribution in [0, 0.1) is 0 Å². The van der Waals surface area contributed by atoms with Gasteiger partial charge in [0.15, 0.2) is 0 Å².